The first-order valence-corrected chi connectivity index (χ1v) is 6.60. The third-order valence-electron chi connectivity index (χ3n) is 3.65. The molecule has 0 radical (unpaired) electrons. The van der Waals surface area contributed by atoms with Crippen molar-refractivity contribution in [2.45, 2.75) is 38.1 Å². The van der Waals surface area contributed by atoms with Gasteiger partial charge in [-0.25, -0.2) is 4.39 Å². The fraction of sp³-hybridized carbons (Fsp3) is 0.500. The van der Waals surface area contributed by atoms with E-state index in [0.29, 0.717) is 25.3 Å². The highest BCUT2D eigenvalue weighted by molar-refractivity contribution is 5.79. The van der Waals surface area contributed by atoms with Gasteiger partial charge in [0, 0.05) is 6.54 Å². The minimum Gasteiger partial charge on any atom is -0.392 e. The van der Waals surface area contributed by atoms with Crippen LogP contribution in [0, 0.1) is 11.7 Å². The van der Waals surface area contributed by atoms with Gasteiger partial charge in [0.25, 0.3) is 0 Å². The lowest BCUT2D eigenvalue weighted by molar-refractivity contribution is -0.139. The molecule has 0 bridgehead atoms. The summed E-state index contributed by atoms with van der Waals surface area (Å²) in [6, 6.07) is 2.33. The molecule has 116 valence electrons. The Kier molecular flexibility index (Phi) is 4.51. The molecule has 1 aromatic rings. The topological polar surface area (TPSA) is 49.3 Å². The second-order valence-corrected chi connectivity index (χ2v) is 5.12. The van der Waals surface area contributed by atoms with Gasteiger partial charge in [0.1, 0.15) is 5.82 Å². The lowest BCUT2D eigenvalue weighted by atomic mass is 10.0. The van der Waals surface area contributed by atoms with E-state index in [0.717, 1.165) is 12.1 Å². The number of rotatable bonds is 3. The van der Waals surface area contributed by atoms with Gasteiger partial charge in [0.2, 0.25) is 5.91 Å². The molecule has 0 heterocycles. The number of hydrogen-bond donors (Lipinski definition) is 2. The lowest BCUT2D eigenvalue weighted by Gasteiger charge is -2.17. The van der Waals surface area contributed by atoms with Crippen LogP contribution in [0.1, 0.15) is 30.4 Å². The molecule has 2 atom stereocenters. The van der Waals surface area contributed by atoms with Crippen molar-refractivity contribution >= 4 is 5.91 Å². The smallest absolute Gasteiger partial charge is 0.392 e. The van der Waals surface area contributed by atoms with Crippen molar-refractivity contribution in [1.29, 1.82) is 0 Å². The van der Waals surface area contributed by atoms with Gasteiger partial charge >= 0.3 is 6.18 Å². The van der Waals surface area contributed by atoms with E-state index in [-0.39, 0.29) is 12.1 Å². The zero-order chi connectivity index (χ0) is 15.6. The van der Waals surface area contributed by atoms with Crippen LogP contribution in [-0.4, -0.2) is 17.1 Å². The van der Waals surface area contributed by atoms with E-state index in [1.54, 1.807) is 0 Å². The standard InChI is InChI=1S/C14H15F4NO2/c15-9-5-4-8(11(6-9)14(16,17)18)7-19-13(21)10-2-1-3-12(10)20/h4-6,10,12,20H,1-3,7H2,(H,19,21). The van der Waals surface area contributed by atoms with E-state index in [2.05, 4.69) is 5.32 Å². The monoisotopic (exact) mass is 305 g/mol. The van der Waals surface area contributed by atoms with E-state index < -0.39 is 35.5 Å². The first kappa shape index (κ1) is 15.8. The van der Waals surface area contributed by atoms with E-state index >= 15 is 0 Å². The summed E-state index contributed by atoms with van der Waals surface area (Å²) in [5.41, 5.74) is -1.31. The van der Waals surface area contributed by atoms with E-state index in [1.807, 2.05) is 0 Å². The van der Waals surface area contributed by atoms with E-state index in [1.165, 1.54) is 0 Å². The van der Waals surface area contributed by atoms with Crippen LogP contribution in [-0.2, 0) is 17.5 Å². The summed E-state index contributed by atoms with van der Waals surface area (Å²) in [4.78, 5) is 11.8. The number of nitrogens with one attached hydrogen (secondary N) is 1. The number of hydrogen-bond acceptors (Lipinski definition) is 2. The van der Waals surface area contributed by atoms with Crippen LogP contribution in [0.5, 0.6) is 0 Å². The number of carbonyl (C=O) groups excluding carboxylic acids is 1. The quantitative estimate of drug-likeness (QED) is 0.843. The third kappa shape index (κ3) is 3.72. The molecular weight excluding hydrogens is 290 g/mol. The predicted molar refractivity (Wildman–Crippen MR) is 66.6 cm³/mol. The van der Waals surface area contributed by atoms with Crippen molar-refractivity contribution in [1.82, 2.24) is 5.32 Å². The van der Waals surface area contributed by atoms with Crippen LogP contribution < -0.4 is 5.32 Å². The lowest BCUT2D eigenvalue weighted by Crippen LogP contribution is -2.34. The van der Waals surface area contributed by atoms with Gasteiger partial charge in [-0.3, -0.25) is 4.79 Å². The maximum atomic E-state index is 13.0. The van der Waals surface area contributed by atoms with E-state index in [4.69, 9.17) is 0 Å². The number of benzene rings is 1. The molecule has 1 aliphatic carbocycles. The molecular formula is C14H15F4NO2. The zero-order valence-corrected chi connectivity index (χ0v) is 11.1. The molecule has 3 nitrogen and oxygen atoms in total. The largest absolute Gasteiger partial charge is 0.416 e. The number of alkyl halides is 3. The SMILES string of the molecule is O=C(NCc1ccc(F)cc1C(F)(F)F)C1CCCC1O. The van der Waals surface area contributed by atoms with Crippen LogP contribution >= 0.6 is 0 Å². The van der Waals surface area contributed by atoms with Crippen molar-refractivity contribution in [3.63, 3.8) is 0 Å². The minimum atomic E-state index is -4.69. The first-order chi connectivity index (χ1) is 9.79. The summed E-state index contributed by atoms with van der Waals surface area (Å²) in [7, 11) is 0. The van der Waals surface area contributed by atoms with Crippen molar-refractivity contribution in [2.75, 3.05) is 0 Å². The molecule has 1 aliphatic rings. The second kappa shape index (κ2) is 6.01. The Morgan fingerprint density at radius 1 is 1.33 bits per heavy atom. The maximum absolute atomic E-state index is 13.0. The normalized spacial score (nSPS) is 22.3. The molecule has 0 aliphatic heterocycles. The summed E-state index contributed by atoms with van der Waals surface area (Å²) in [6.45, 7) is -0.350. The van der Waals surface area contributed by atoms with Crippen LogP contribution in [0.3, 0.4) is 0 Å². The summed E-state index contributed by atoms with van der Waals surface area (Å²) in [5, 5.41) is 12.0. The van der Waals surface area contributed by atoms with Crippen LogP contribution in [0.15, 0.2) is 18.2 Å². The number of amides is 1. The van der Waals surface area contributed by atoms with Gasteiger partial charge in [0.05, 0.1) is 17.6 Å². The molecule has 1 saturated carbocycles. The second-order valence-electron chi connectivity index (χ2n) is 5.12. The molecule has 1 fully saturated rings. The predicted octanol–water partition coefficient (Wildman–Crippen LogP) is 2.62. The number of aliphatic hydroxyl groups is 1. The average molecular weight is 305 g/mol. The molecule has 21 heavy (non-hydrogen) atoms. The summed E-state index contributed by atoms with van der Waals surface area (Å²) < 4.78 is 51.3. The molecule has 0 aromatic heterocycles. The van der Waals surface area contributed by atoms with Crippen molar-refractivity contribution < 1.29 is 27.5 Å². The highest BCUT2D eigenvalue weighted by atomic mass is 19.4. The first-order valence-electron chi connectivity index (χ1n) is 6.60. The highest BCUT2D eigenvalue weighted by Gasteiger charge is 2.35. The van der Waals surface area contributed by atoms with Gasteiger partial charge in [-0.05, 0) is 37.0 Å². The number of carbonyl (C=O) groups is 1. The van der Waals surface area contributed by atoms with Crippen molar-refractivity contribution in [3.05, 3.63) is 35.1 Å². The Hall–Kier alpha value is -1.63. The van der Waals surface area contributed by atoms with Crippen LogP contribution in [0.2, 0.25) is 0 Å². The number of aliphatic hydroxyl groups excluding tert-OH is 1. The van der Waals surface area contributed by atoms with Gasteiger partial charge in [-0.1, -0.05) is 6.07 Å². The Bertz CT molecular complexity index is 530. The molecule has 7 heteroatoms. The molecule has 2 unspecified atom stereocenters. The Morgan fingerprint density at radius 2 is 2.05 bits per heavy atom. The Morgan fingerprint density at radius 3 is 2.62 bits per heavy atom. The van der Waals surface area contributed by atoms with Crippen LogP contribution in [0.25, 0.3) is 0 Å². The van der Waals surface area contributed by atoms with Gasteiger partial charge in [-0.15, -0.1) is 0 Å². The van der Waals surface area contributed by atoms with Gasteiger partial charge in [-0.2, -0.15) is 13.2 Å². The minimum absolute atomic E-state index is 0.204. The van der Waals surface area contributed by atoms with Crippen LogP contribution in [0.4, 0.5) is 17.6 Å². The average Bonchev–Trinajstić information content (AvgIpc) is 2.82. The maximum Gasteiger partial charge on any atom is 0.416 e. The summed E-state index contributed by atoms with van der Waals surface area (Å²) in [5.74, 6) is -2.04. The third-order valence-corrected chi connectivity index (χ3v) is 3.65. The molecule has 1 aromatic carbocycles. The van der Waals surface area contributed by atoms with Crippen molar-refractivity contribution in [2.24, 2.45) is 5.92 Å². The zero-order valence-electron chi connectivity index (χ0n) is 11.1. The molecule has 2 rings (SSSR count). The molecule has 1 amide bonds. The number of halogens is 4. The Labute approximate surface area is 119 Å². The summed E-state index contributed by atoms with van der Waals surface area (Å²) in [6.07, 6.45) is -3.69. The van der Waals surface area contributed by atoms with Crippen molar-refractivity contribution in [3.8, 4) is 0 Å². The fourth-order valence-electron chi connectivity index (χ4n) is 2.53. The van der Waals surface area contributed by atoms with Gasteiger partial charge in [0.15, 0.2) is 0 Å². The highest BCUT2D eigenvalue weighted by Crippen LogP contribution is 2.32. The fourth-order valence-corrected chi connectivity index (χ4v) is 2.53. The Balaban J connectivity index is 2.08. The molecule has 2 N–H and O–H groups in total. The summed E-state index contributed by atoms with van der Waals surface area (Å²) >= 11 is 0. The van der Waals surface area contributed by atoms with Gasteiger partial charge < -0.3 is 10.4 Å². The molecule has 0 spiro atoms. The molecule has 0 saturated heterocycles. The van der Waals surface area contributed by atoms with E-state index in [9.17, 15) is 27.5 Å².